The van der Waals surface area contributed by atoms with Gasteiger partial charge in [-0.3, -0.25) is 19.0 Å². The number of carbonyl (C=O) groups is 2. The Balaban J connectivity index is 1.58. The summed E-state index contributed by atoms with van der Waals surface area (Å²) < 4.78 is 1.60. The molecule has 0 unspecified atom stereocenters. The molecule has 2 amide bonds. The van der Waals surface area contributed by atoms with E-state index in [2.05, 4.69) is 10.3 Å². The third-order valence-electron chi connectivity index (χ3n) is 5.43. The molecule has 10 heteroatoms. The largest absolute Gasteiger partial charge is 0.365 e. The molecule has 0 atom stereocenters. The molecule has 7 nitrogen and oxygen atoms in total. The van der Waals surface area contributed by atoms with Crippen LogP contribution in [0.2, 0.25) is 5.02 Å². The number of aryl methyl sites for hydroxylation is 1. The van der Waals surface area contributed by atoms with Crippen LogP contribution in [0, 0.1) is 5.92 Å². The highest BCUT2D eigenvalue weighted by Crippen LogP contribution is 2.38. The number of halogens is 1. The van der Waals surface area contributed by atoms with Crippen LogP contribution >= 0.6 is 34.7 Å². The summed E-state index contributed by atoms with van der Waals surface area (Å²) in [6, 6.07) is 5.01. The van der Waals surface area contributed by atoms with Crippen molar-refractivity contribution in [1.82, 2.24) is 9.55 Å². The number of rotatable bonds is 7. The number of hydrogen-bond donors (Lipinski definition) is 2. The quantitative estimate of drug-likeness (QED) is 0.364. The zero-order valence-corrected chi connectivity index (χ0v) is 20.8. The number of carbonyl (C=O) groups excluding carboxylic acids is 2. The monoisotopic (exact) mass is 504 g/mol. The third-order valence-corrected chi connectivity index (χ3v) is 7.85. The van der Waals surface area contributed by atoms with E-state index in [-0.39, 0.29) is 23.1 Å². The SMILES string of the molecule is CC(C)Cn1c(SCC(=O)Nc2sc3c(c2C(N)=O)CCCC3)nc2ccc(Cl)cc2c1=O. The molecular weight excluding hydrogens is 480 g/mol. The lowest BCUT2D eigenvalue weighted by Gasteiger charge is -2.15. The Morgan fingerprint density at radius 1 is 1.30 bits per heavy atom. The lowest BCUT2D eigenvalue weighted by molar-refractivity contribution is -0.113. The van der Waals surface area contributed by atoms with E-state index in [1.807, 2.05) is 13.8 Å². The van der Waals surface area contributed by atoms with Gasteiger partial charge < -0.3 is 11.1 Å². The second-order valence-electron chi connectivity index (χ2n) is 8.48. The molecule has 1 aliphatic rings. The van der Waals surface area contributed by atoms with Crippen LogP contribution in [0.15, 0.2) is 28.2 Å². The minimum Gasteiger partial charge on any atom is -0.365 e. The van der Waals surface area contributed by atoms with Crippen LogP contribution in [0.5, 0.6) is 0 Å². The smallest absolute Gasteiger partial charge is 0.262 e. The van der Waals surface area contributed by atoms with Crippen molar-refractivity contribution in [2.45, 2.75) is 51.2 Å². The van der Waals surface area contributed by atoms with Gasteiger partial charge in [-0.05, 0) is 55.4 Å². The second kappa shape index (κ2) is 9.87. The van der Waals surface area contributed by atoms with Crippen LogP contribution in [0.3, 0.4) is 0 Å². The number of nitrogens with zero attached hydrogens (tertiary/aromatic N) is 2. The van der Waals surface area contributed by atoms with Gasteiger partial charge in [0.25, 0.3) is 11.5 Å². The van der Waals surface area contributed by atoms with Crippen molar-refractivity contribution >= 4 is 62.4 Å². The Kier molecular flexibility index (Phi) is 7.11. The molecule has 2 aromatic heterocycles. The summed E-state index contributed by atoms with van der Waals surface area (Å²) >= 11 is 8.70. The molecule has 3 aromatic rings. The molecule has 1 aromatic carbocycles. The fourth-order valence-corrected chi connectivity index (χ4v) is 6.31. The van der Waals surface area contributed by atoms with Gasteiger partial charge in [0.1, 0.15) is 5.00 Å². The summed E-state index contributed by atoms with van der Waals surface area (Å²) in [6.07, 6.45) is 3.79. The standard InChI is InChI=1S/C23H25ClN4O3S2/c1-12(2)10-28-22(31)15-9-13(24)7-8-16(15)26-23(28)32-11-18(29)27-21-19(20(25)30)14-5-3-4-6-17(14)33-21/h7-9,12H,3-6,10-11H2,1-2H3,(H2,25,30)(H,27,29). The van der Waals surface area contributed by atoms with E-state index in [1.54, 1.807) is 22.8 Å². The Labute approximate surface area is 204 Å². The van der Waals surface area contributed by atoms with Crippen LogP contribution in [-0.4, -0.2) is 27.1 Å². The van der Waals surface area contributed by atoms with Gasteiger partial charge in [-0.1, -0.05) is 37.2 Å². The number of thioether (sulfide) groups is 1. The molecule has 4 rings (SSSR count). The number of nitrogens with two attached hydrogens (primary N) is 1. The second-order valence-corrected chi connectivity index (χ2v) is 11.0. The number of primary amides is 1. The molecule has 0 fully saturated rings. The first kappa shape index (κ1) is 23.8. The number of nitrogens with one attached hydrogen (secondary N) is 1. The highest BCUT2D eigenvalue weighted by molar-refractivity contribution is 7.99. The van der Waals surface area contributed by atoms with Crippen molar-refractivity contribution in [2.75, 3.05) is 11.1 Å². The number of anilines is 1. The average molecular weight is 505 g/mol. The number of benzene rings is 1. The molecule has 0 radical (unpaired) electrons. The summed E-state index contributed by atoms with van der Waals surface area (Å²) in [5.41, 5.74) is 7.39. The van der Waals surface area contributed by atoms with E-state index in [9.17, 15) is 14.4 Å². The first-order valence-electron chi connectivity index (χ1n) is 10.8. The van der Waals surface area contributed by atoms with Crippen molar-refractivity contribution < 1.29 is 9.59 Å². The summed E-state index contributed by atoms with van der Waals surface area (Å²) in [7, 11) is 0. The van der Waals surface area contributed by atoms with E-state index in [4.69, 9.17) is 17.3 Å². The first-order chi connectivity index (χ1) is 15.7. The number of fused-ring (bicyclic) bond motifs is 2. The third kappa shape index (κ3) is 5.10. The number of hydrogen-bond acceptors (Lipinski definition) is 6. The molecule has 0 saturated carbocycles. The lowest BCUT2D eigenvalue weighted by Crippen LogP contribution is -2.26. The zero-order valence-electron chi connectivity index (χ0n) is 18.4. The molecule has 33 heavy (non-hydrogen) atoms. The van der Waals surface area contributed by atoms with E-state index in [0.29, 0.717) is 38.2 Å². The van der Waals surface area contributed by atoms with Gasteiger partial charge in [0.2, 0.25) is 5.91 Å². The molecule has 0 aliphatic heterocycles. The van der Waals surface area contributed by atoms with Crippen molar-refractivity contribution in [3.05, 3.63) is 49.6 Å². The van der Waals surface area contributed by atoms with E-state index in [0.717, 1.165) is 36.1 Å². The van der Waals surface area contributed by atoms with Gasteiger partial charge in [-0.25, -0.2) is 4.98 Å². The van der Waals surface area contributed by atoms with Gasteiger partial charge in [-0.2, -0.15) is 0 Å². The number of thiophene rings is 1. The van der Waals surface area contributed by atoms with E-state index < -0.39 is 5.91 Å². The fraction of sp³-hybridized carbons (Fsp3) is 0.391. The van der Waals surface area contributed by atoms with Gasteiger partial charge in [-0.15, -0.1) is 11.3 Å². The van der Waals surface area contributed by atoms with Gasteiger partial charge in [0.05, 0.1) is 22.2 Å². The lowest BCUT2D eigenvalue weighted by atomic mass is 9.95. The summed E-state index contributed by atoms with van der Waals surface area (Å²) in [4.78, 5) is 43.7. The van der Waals surface area contributed by atoms with Crippen LogP contribution < -0.4 is 16.6 Å². The Bertz CT molecular complexity index is 1300. The fourth-order valence-electron chi connectivity index (χ4n) is 4.02. The van der Waals surface area contributed by atoms with Crippen LogP contribution in [0.1, 0.15) is 47.5 Å². The molecule has 2 heterocycles. The Morgan fingerprint density at radius 2 is 2.06 bits per heavy atom. The maximum Gasteiger partial charge on any atom is 0.262 e. The van der Waals surface area contributed by atoms with Crippen molar-refractivity contribution in [1.29, 1.82) is 0 Å². The molecule has 3 N–H and O–H groups in total. The van der Waals surface area contributed by atoms with Crippen LogP contribution in [0.25, 0.3) is 10.9 Å². The number of aromatic nitrogens is 2. The van der Waals surface area contributed by atoms with Crippen LogP contribution in [-0.2, 0) is 24.2 Å². The predicted octanol–water partition coefficient (Wildman–Crippen LogP) is 4.48. The molecule has 174 valence electrons. The molecule has 0 saturated heterocycles. The van der Waals surface area contributed by atoms with Crippen LogP contribution in [0.4, 0.5) is 5.00 Å². The van der Waals surface area contributed by atoms with E-state index >= 15 is 0 Å². The van der Waals surface area contributed by atoms with Gasteiger partial charge >= 0.3 is 0 Å². The van der Waals surface area contributed by atoms with Crippen molar-refractivity contribution in [3.63, 3.8) is 0 Å². The zero-order chi connectivity index (χ0) is 23.7. The van der Waals surface area contributed by atoms with Gasteiger partial charge in [0, 0.05) is 16.4 Å². The predicted molar refractivity (Wildman–Crippen MR) is 135 cm³/mol. The summed E-state index contributed by atoms with van der Waals surface area (Å²) in [5, 5.41) is 4.77. The Hall–Kier alpha value is -2.36. The Morgan fingerprint density at radius 3 is 2.79 bits per heavy atom. The van der Waals surface area contributed by atoms with Gasteiger partial charge in [0.15, 0.2) is 5.16 Å². The summed E-state index contributed by atoms with van der Waals surface area (Å²) in [6.45, 7) is 4.50. The highest BCUT2D eigenvalue weighted by atomic mass is 35.5. The normalized spacial score (nSPS) is 13.3. The average Bonchev–Trinajstić information content (AvgIpc) is 3.12. The van der Waals surface area contributed by atoms with Crippen molar-refractivity contribution in [2.24, 2.45) is 11.7 Å². The molecule has 0 spiro atoms. The van der Waals surface area contributed by atoms with Crippen molar-refractivity contribution in [3.8, 4) is 0 Å². The minimum atomic E-state index is -0.516. The molecule has 0 bridgehead atoms. The number of amides is 2. The molecular formula is C23H25ClN4O3S2. The maximum absolute atomic E-state index is 13.1. The minimum absolute atomic E-state index is 0.0460. The maximum atomic E-state index is 13.1. The van der Waals surface area contributed by atoms with E-state index in [1.165, 1.54) is 23.1 Å². The highest BCUT2D eigenvalue weighted by Gasteiger charge is 2.25. The first-order valence-corrected chi connectivity index (χ1v) is 13.0. The topological polar surface area (TPSA) is 107 Å². The summed E-state index contributed by atoms with van der Waals surface area (Å²) in [5.74, 6) is -0.532. The molecule has 1 aliphatic carbocycles.